The summed E-state index contributed by atoms with van der Waals surface area (Å²) in [4.78, 5) is 5.16. The molecule has 0 unspecified atom stereocenters. The fourth-order valence-electron chi connectivity index (χ4n) is 4.61. The van der Waals surface area contributed by atoms with Crippen molar-refractivity contribution in [1.29, 1.82) is 0 Å². The van der Waals surface area contributed by atoms with Crippen LogP contribution in [0.25, 0.3) is 0 Å². The molecule has 2 fully saturated rings. The molecule has 152 valence electrons. The van der Waals surface area contributed by atoms with Crippen LogP contribution in [-0.4, -0.2) is 58.3 Å². The lowest BCUT2D eigenvalue weighted by Gasteiger charge is -2.50. The molecule has 0 amide bonds. The topological polar surface area (TPSA) is 15.7 Å². The molecule has 0 aromatic heterocycles. The molecule has 0 atom stereocenters. The second kappa shape index (κ2) is 8.71. The van der Waals surface area contributed by atoms with Gasteiger partial charge in [0, 0.05) is 28.7 Å². The molecule has 0 bridgehead atoms. The molecule has 2 saturated heterocycles. The third-order valence-electron chi connectivity index (χ3n) is 5.42. The first-order chi connectivity index (χ1) is 10.7. The molecule has 2 heterocycles. The standard InChI is InChI=1S/C11H23N.C10H21NO.CH4/c1-10(2,3)12-9-7-6-8-11(12,4)5;1-9(2,3)11-6-7-12-8-10(11,4)5;/h6-9H2,1-5H3;6-8H2,1-5H3;1H4. The smallest absolute Gasteiger partial charge is 0.0645 e. The fraction of sp³-hybridized carbons (Fsp3) is 1.00. The summed E-state index contributed by atoms with van der Waals surface area (Å²) in [7, 11) is 0. The van der Waals surface area contributed by atoms with Crippen molar-refractivity contribution in [3.05, 3.63) is 0 Å². The maximum atomic E-state index is 5.47. The molecule has 0 aromatic carbocycles. The molecule has 0 spiro atoms. The van der Waals surface area contributed by atoms with E-state index in [0.29, 0.717) is 11.1 Å². The average molecular weight is 357 g/mol. The predicted octanol–water partition coefficient (Wildman–Crippen LogP) is 5.58. The van der Waals surface area contributed by atoms with Crippen LogP contribution in [-0.2, 0) is 4.74 Å². The molecule has 0 aromatic rings. The SMILES string of the molecule is C.CC(C)(C)N1CCCCC1(C)C.CC(C)(C)N1CCOCC1(C)C. The maximum absolute atomic E-state index is 5.47. The van der Waals surface area contributed by atoms with Gasteiger partial charge in [-0.15, -0.1) is 0 Å². The normalized spacial score (nSPS) is 24.7. The largest absolute Gasteiger partial charge is 0.378 e. The zero-order valence-electron chi connectivity index (χ0n) is 18.3. The van der Waals surface area contributed by atoms with Crippen LogP contribution >= 0.6 is 0 Å². The van der Waals surface area contributed by atoms with Crippen molar-refractivity contribution < 1.29 is 4.74 Å². The van der Waals surface area contributed by atoms with Gasteiger partial charge in [-0.05, 0) is 88.6 Å². The molecule has 0 aliphatic carbocycles. The minimum absolute atomic E-state index is 0. The van der Waals surface area contributed by atoms with Crippen molar-refractivity contribution in [1.82, 2.24) is 9.80 Å². The Morgan fingerprint density at radius 2 is 1.20 bits per heavy atom. The number of hydrogen-bond acceptors (Lipinski definition) is 3. The third-order valence-corrected chi connectivity index (χ3v) is 5.42. The maximum Gasteiger partial charge on any atom is 0.0645 e. The summed E-state index contributed by atoms with van der Waals surface area (Å²) < 4.78 is 5.47. The van der Waals surface area contributed by atoms with Crippen molar-refractivity contribution in [2.45, 2.75) is 118 Å². The Morgan fingerprint density at radius 3 is 1.52 bits per heavy atom. The molecule has 2 aliphatic rings. The number of nitrogens with zero attached hydrogens (tertiary/aromatic N) is 2. The Balaban J connectivity index is 0.000000443. The minimum atomic E-state index is 0. The number of hydrogen-bond donors (Lipinski definition) is 0. The predicted molar refractivity (Wildman–Crippen MR) is 112 cm³/mol. The van der Waals surface area contributed by atoms with Crippen molar-refractivity contribution in [2.24, 2.45) is 0 Å². The highest BCUT2D eigenvalue weighted by molar-refractivity contribution is 4.93. The van der Waals surface area contributed by atoms with Gasteiger partial charge < -0.3 is 4.74 Å². The Kier molecular flexibility index (Phi) is 8.67. The van der Waals surface area contributed by atoms with Crippen LogP contribution in [0.5, 0.6) is 0 Å². The van der Waals surface area contributed by atoms with E-state index in [9.17, 15) is 0 Å². The molecule has 0 radical (unpaired) electrons. The summed E-state index contributed by atoms with van der Waals surface area (Å²) in [6.45, 7) is 27.0. The van der Waals surface area contributed by atoms with E-state index < -0.39 is 0 Å². The highest BCUT2D eigenvalue weighted by Crippen LogP contribution is 2.33. The Hall–Kier alpha value is -0.120. The van der Waals surface area contributed by atoms with Crippen molar-refractivity contribution >= 4 is 0 Å². The number of rotatable bonds is 0. The monoisotopic (exact) mass is 356 g/mol. The molecule has 0 saturated carbocycles. The lowest BCUT2D eigenvalue weighted by atomic mass is 9.86. The lowest BCUT2D eigenvalue weighted by Crippen LogP contribution is -2.60. The highest BCUT2D eigenvalue weighted by atomic mass is 16.5. The summed E-state index contributed by atoms with van der Waals surface area (Å²) in [6, 6.07) is 0. The van der Waals surface area contributed by atoms with Crippen LogP contribution < -0.4 is 0 Å². The first-order valence-corrected chi connectivity index (χ1v) is 9.81. The molecule has 2 rings (SSSR count). The number of piperidine rings is 1. The van der Waals surface area contributed by atoms with Gasteiger partial charge in [-0.2, -0.15) is 0 Å². The molecule has 25 heavy (non-hydrogen) atoms. The van der Waals surface area contributed by atoms with Crippen LogP contribution in [0.1, 0.15) is 95.9 Å². The van der Waals surface area contributed by atoms with Crippen LogP contribution in [0.2, 0.25) is 0 Å². The zero-order valence-corrected chi connectivity index (χ0v) is 18.3. The summed E-state index contributed by atoms with van der Waals surface area (Å²) in [6.07, 6.45) is 4.13. The van der Waals surface area contributed by atoms with Gasteiger partial charge in [0.05, 0.1) is 13.2 Å². The zero-order chi connectivity index (χ0) is 18.8. The van der Waals surface area contributed by atoms with Crippen molar-refractivity contribution in [2.75, 3.05) is 26.3 Å². The van der Waals surface area contributed by atoms with E-state index in [0.717, 1.165) is 19.8 Å². The van der Waals surface area contributed by atoms with Crippen LogP contribution in [0.15, 0.2) is 0 Å². The number of ether oxygens (including phenoxy) is 1. The van der Waals surface area contributed by atoms with E-state index in [2.05, 4.69) is 79.0 Å². The molecule has 3 heteroatoms. The van der Waals surface area contributed by atoms with Crippen LogP contribution in [0.4, 0.5) is 0 Å². The molecular formula is C22H48N2O. The summed E-state index contributed by atoms with van der Waals surface area (Å²) in [5.41, 5.74) is 1.20. The van der Waals surface area contributed by atoms with E-state index in [4.69, 9.17) is 4.74 Å². The Labute approximate surface area is 159 Å². The van der Waals surface area contributed by atoms with E-state index >= 15 is 0 Å². The third kappa shape index (κ3) is 7.19. The van der Waals surface area contributed by atoms with Crippen LogP contribution in [0, 0.1) is 0 Å². The van der Waals surface area contributed by atoms with Crippen molar-refractivity contribution in [3.63, 3.8) is 0 Å². The minimum Gasteiger partial charge on any atom is -0.378 e. The van der Waals surface area contributed by atoms with Gasteiger partial charge >= 0.3 is 0 Å². The molecule has 2 aliphatic heterocycles. The first-order valence-electron chi connectivity index (χ1n) is 9.81. The van der Waals surface area contributed by atoms with E-state index in [-0.39, 0.29) is 18.5 Å². The first kappa shape index (κ1) is 24.9. The van der Waals surface area contributed by atoms with Gasteiger partial charge in [-0.3, -0.25) is 9.80 Å². The van der Waals surface area contributed by atoms with Crippen LogP contribution in [0.3, 0.4) is 0 Å². The van der Waals surface area contributed by atoms with Gasteiger partial charge in [-0.1, -0.05) is 13.8 Å². The van der Waals surface area contributed by atoms with E-state index in [1.165, 1.54) is 25.8 Å². The second-order valence-electron chi connectivity index (χ2n) is 10.8. The van der Waals surface area contributed by atoms with E-state index in [1.54, 1.807) is 0 Å². The van der Waals surface area contributed by atoms with Gasteiger partial charge in [0.15, 0.2) is 0 Å². The van der Waals surface area contributed by atoms with Gasteiger partial charge in [-0.25, -0.2) is 0 Å². The van der Waals surface area contributed by atoms with Gasteiger partial charge in [0.1, 0.15) is 0 Å². The fourth-order valence-corrected chi connectivity index (χ4v) is 4.61. The lowest BCUT2D eigenvalue weighted by molar-refractivity contribution is -0.0910. The van der Waals surface area contributed by atoms with E-state index in [1.807, 2.05) is 0 Å². The number of morpholine rings is 1. The molecule has 3 nitrogen and oxygen atoms in total. The Bertz CT molecular complexity index is 350. The summed E-state index contributed by atoms with van der Waals surface area (Å²) >= 11 is 0. The summed E-state index contributed by atoms with van der Waals surface area (Å²) in [5, 5.41) is 0. The average Bonchev–Trinajstić information content (AvgIpc) is 2.35. The van der Waals surface area contributed by atoms with Gasteiger partial charge in [0.2, 0.25) is 0 Å². The number of likely N-dealkylation sites (tertiary alicyclic amines) is 1. The molecule has 0 N–H and O–H groups in total. The van der Waals surface area contributed by atoms with Gasteiger partial charge in [0.25, 0.3) is 0 Å². The van der Waals surface area contributed by atoms with Crippen molar-refractivity contribution in [3.8, 4) is 0 Å². The molecular weight excluding hydrogens is 308 g/mol. The summed E-state index contributed by atoms with van der Waals surface area (Å²) in [5.74, 6) is 0. The quantitative estimate of drug-likeness (QED) is 0.563. The second-order valence-corrected chi connectivity index (χ2v) is 10.8. The highest BCUT2D eigenvalue weighted by Gasteiger charge is 2.37. The Morgan fingerprint density at radius 1 is 0.720 bits per heavy atom.